The number of rotatable bonds is 6. The minimum atomic E-state index is -0.510. The Morgan fingerprint density at radius 1 is 1.27 bits per heavy atom. The van der Waals surface area contributed by atoms with Crippen molar-refractivity contribution < 1.29 is 19.1 Å². The maximum atomic E-state index is 12.5. The number of hydrogen-bond acceptors (Lipinski definition) is 5. The number of carbonyl (C=O) groups is 2. The van der Waals surface area contributed by atoms with E-state index in [0.717, 1.165) is 43.5 Å². The van der Waals surface area contributed by atoms with Crippen molar-refractivity contribution in [2.75, 3.05) is 26.7 Å². The molecule has 1 atom stereocenters. The predicted molar refractivity (Wildman–Crippen MR) is 119 cm³/mol. The number of piperidine rings is 1. The van der Waals surface area contributed by atoms with Crippen LogP contribution in [0.3, 0.4) is 0 Å². The van der Waals surface area contributed by atoms with E-state index in [4.69, 9.17) is 21.1 Å². The Morgan fingerprint density at radius 3 is 2.57 bits per heavy atom. The number of benzene rings is 1. The molecule has 0 radical (unpaired) electrons. The summed E-state index contributed by atoms with van der Waals surface area (Å²) in [6.07, 6.45) is 2.43. The van der Waals surface area contributed by atoms with Crippen molar-refractivity contribution in [1.29, 1.82) is 0 Å². The monoisotopic (exact) mass is 438 g/mol. The Morgan fingerprint density at radius 2 is 1.97 bits per heavy atom. The number of esters is 1. The molecule has 168 valence electrons. The van der Waals surface area contributed by atoms with Gasteiger partial charge in [0, 0.05) is 31.2 Å². The number of likely N-dealkylation sites (N-methyl/N-ethyl adjacent to an activating group) is 1. The van der Waals surface area contributed by atoms with E-state index in [9.17, 15) is 9.59 Å². The van der Waals surface area contributed by atoms with Gasteiger partial charge in [0.25, 0.3) is 0 Å². The van der Waals surface area contributed by atoms with Crippen LogP contribution in [-0.2, 0) is 22.4 Å². The summed E-state index contributed by atoms with van der Waals surface area (Å²) in [5, 5.41) is 0.583. The third-order valence-corrected chi connectivity index (χ3v) is 5.61. The highest BCUT2D eigenvalue weighted by molar-refractivity contribution is 6.31. The van der Waals surface area contributed by atoms with E-state index >= 15 is 0 Å². The van der Waals surface area contributed by atoms with Crippen LogP contribution >= 0.6 is 11.6 Å². The number of carbonyl (C=O) groups excluding carboxylic acids is 2. The first-order chi connectivity index (χ1) is 14.1. The van der Waals surface area contributed by atoms with Gasteiger partial charge >= 0.3 is 12.1 Å². The van der Waals surface area contributed by atoms with E-state index in [1.807, 2.05) is 26.8 Å². The van der Waals surface area contributed by atoms with Gasteiger partial charge in [-0.1, -0.05) is 18.5 Å². The van der Waals surface area contributed by atoms with Crippen molar-refractivity contribution in [1.82, 2.24) is 9.80 Å². The molecule has 0 aliphatic carbocycles. The van der Waals surface area contributed by atoms with E-state index in [2.05, 4.69) is 11.8 Å². The van der Waals surface area contributed by atoms with Gasteiger partial charge in [-0.15, -0.1) is 0 Å². The first-order valence-corrected chi connectivity index (χ1v) is 11.1. The summed E-state index contributed by atoms with van der Waals surface area (Å²) in [4.78, 5) is 28.6. The molecular weight excluding hydrogens is 404 g/mol. The molecule has 1 amide bonds. The largest absolute Gasteiger partial charge is 0.462 e. The standard InChI is InChI=1S/C23H35ClN2O4/c1-7-16-12-17(21(27)29-8-2)13-20(24)19(16)15-26-11-9-10-18(14-26)25(6)22(28)30-23(3,4)5/h12-13,18H,7-11,14-15H2,1-6H3/t18-/m0/s1. The molecule has 7 heteroatoms. The highest BCUT2D eigenvalue weighted by atomic mass is 35.5. The molecule has 0 N–H and O–H groups in total. The number of ether oxygens (including phenoxy) is 2. The van der Waals surface area contributed by atoms with Gasteiger partial charge in [0.2, 0.25) is 0 Å². The second-order valence-corrected chi connectivity index (χ2v) is 9.20. The molecule has 0 spiro atoms. The Bertz CT molecular complexity index is 760. The molecule has 0 aromatic heterocycles. The first-order valence-electron chi connectivity index (χ1n) is 10.7. The van der Waals surface area contributed by atoms with Crippen LogP contribution in [-0.4, -0.2) is 60.2 Å². The predicted octanol–water partition coefficient (Wildman–Crippen LogP) is 4.91. The normalized spacial score (nSPS) is 17.5. The molecule has 0 saturated carbocycles. The summed E-state index contributed by atoms with van der Waals surface area (Å²) in [6.45, 7) is 12.2. The quantitative estimate of drug-likeness (QED) is 0.590. The molecule has 1 aliphatic rings. The van der Waals surface area contributed by atoms with Gasteiger partial charge in [-0.2, -0.15) is 0 Å². The Labute approximate surface area is 185 Å². The lowest BCUT2D eigenvalue weighted by Crippen LogP contribution is -2.49. The van der Waals surface area contributed by atoms with Crippen molar-refractivity contribution in [3.05, 3.63) is 33.8 Å². The summed E-state index contributed by atoms with van der Waals surface area (Å²) in [7, 11) is 1.81. The summed E-state index contributed by atoms with van der Waals surface area (Å²) in [5.74, 6) is -0.349. The number of hydrogen-bond donors (Lipinski definition) is 0. The summed E-state index contributed by atoms with van der Waals surface area (Å²) >= 11 is 6.58. The lowest BCUT2D eigenvalue weighted by atomic mass is 9.99. The second kappa shape index (κ2) is 10.5. The number of nitrogens with zero attached hydrogens (tertiary/aromatic N) is 2. The number of likely N-dealkylation sites (tertiary alicyclic amines) is 1. The van der Waals surface area contributed by atoms with E-state index in [1.165, 1.54) is 0 Å². The van der Waals surface area contributed by atoms with Crippen LogP contribution in [0.4, 0.5) is 4.79 Å². The summed E-state index contributed by atoms with van der Waals surface area (Å²) in [6, 6.07) is 3.67. The molecule has 1 saturated heterocycles. The highest BCUT2D eigenvalue weighted by Gasteiger charge is 2.29. The van der Waals surface area contributed by atoms with Crippen molar-refractivity contribution in [2.45, 2.75) is 72.1 Å². The number of halogens is 1. The molecule has 1 aliphatic heterocycles. The zero-order chi connectivity index (χ0) is 22.5. The molecule has 1 aromatic rings. The van der Waals surface area contributed by atoms with Crippen LogP contribution in [0.1, 0.15) is 68.9 Å². The van der Waals surface area contributed by atoms with Crippen LogP contribution in [0, 0.1) is 0 Å². The van der Waals surface area contributed by atoms with Crippen LogP contribution in [0.15, 0.2) is 12.1 Å². The molecule has 1 fully saturated rings. The van der Waals surface area contributed by atoms with Gasteiger partial charge in [-0.05, 0) is 76.8 Å². The molecule has 1 heterocycles. The Balaban J connectivity index is 2.12. The maximum Gasteiger partial charge on any atom is 0.410 e. The zero-order valence-corrected chi connectivity index (χ0v) is 19.8. The minimum Gasteiger partial charge on any atom is -0.462 e. The van der Waals surface area contributed by atoms with Crippen LogP contribution in [0.5, 0.6) is 0 Å². The molecular formula is C23H35ClN2O4. The third-order valence-electron chi connectivity index (χ3n) is 5.27. The molecule has 6 nitrogen and oxygen atoms in total. The maximum absolute atomic E-state index is 12.5. The lowest BCUT2D eigenvalue weighted by molar-refractivity contribution is 0.0129. The lowest BCUT2D eigenvalue weighted by Gasteiger charge is -2.38. The third kappa shape index (κ3) is 6.61. The molecule has 0 bridgehead atoms. The number of amides is 1. The fourth-order valence-corrected chi connectivity index (χ4v) is 4.01. The fraction of sp³-hybridized carbons (Fsp3) is 0.652. The van der Waals surface area contributed by atoms with Gasteiger partial charge in [0.15, 0.2) is 0 Å². The van der Waals surface area contributed by atoms with Crippen molar-refractivity contribution in [2.24, 2.45) is 0 Å². The van der Waals surface area contributed by atoms with Gasteiger partial charge in [-0.25, -0.2) is 9.59 Å². The summed E-state index contributed by atoms with van der Waals surface area (Å²) in [5.41, 5.74) is 2.06. The highest BCUT2D eigenvalue weighted by Crippen LogP contribution is 2.27. The summed E-state index contributed by atoms with van der Waals surface area (Å²) < 4.78 is 10.6. The average Bonchev–Trinajstić information content (AvgIpc) is 2.67. The molecule has 0 unspecified atom stereocenters. The van der Waals surface area contributed by atoms with E-state index < -0.39 is 5.60 Å². The molecule has 30 heavy (non-hydrogen) atoms. The SMILES string of the molecule is CCOC(=O)c1cc(Cl)c(CN2CCC[C@H](N(C)C(=O)OC(C)(C)C)C2)c(CC)c1. The minimum absolute atomic E-state index is 0.0938. The Hall–Kier alpha value is -1.79. The van der Waals surface area contributed by atoms with Gasteiger partial charge < -0.3 is 14.4 Å². The van der Waals surface area contributed by atoms with Crippen molar-refractivity contribution >= 4 is 23.7 Å². The fourth-order valence-electron chi connectivity index (χ4n) is 3.72. The van der Waals surface area contributed by atoms with E-state index in [1.54, 1.807) is 24.9 Å². The molecule has 1 aromatic carbocycles. The van der Waals surface area contributed by atoms with E-state index in [0.29, 0.717) is 23.7 Å². The van der Waals surface area contributed by atoms with Gasteiger partial charge in [0.1, 0.15) is 5.60 Å². The van der Waals surface area contributed by atoms with Gasteiger partial charge in [-0.3, -0.25) is 4.90 Å². The smallest absolute Gasteiger partial charge is 0.410 e. The van der Waals surface area contributed by atoms with Crippen molar-refractivity contribution in [3.8, 4) is 0 Å². The number of aryl methyl sites for hydroxylation is 1. The van der Waals surface area contributed by atoms with Crippen LogP contribution < -0.4 is 0 Å². The average molecular weight is 439 g/mol. The topological polar surface area (TPSA) is 59.1 Å². The van der Waals surface area contributed by atoms with Gasteiger partial charge in [0.05, 0.1) is 12.2 Å². The van der Waals surface area contributed by atoms with Crippen LogP contribution in [0.2, 0.25) is 5.02 Å². The van der Waals surface area contributed by atoms with E-state index in [-0.39, 0.29) is 18.1 Å². The van der Waals surface area contributed by atoms with Crippen molar-refractivity contribution in [3.63, 3.8) is 0 Å². The molecule has 2 rings (SSSR count). The Kier molecular flexibility index (Phi) is 8.56. The first kappa shape index (κ1) is 24.5. The second-order valence-electron chi connectivity index (χ2n) is 8.79. The van der Waals surface area contributed by atoms with Crippen LogP contribution in [0.25, 0.3) is 0 Å². The zero-order valence-electron chi connectivity index (χ0n) is 19.1.